The quantitative estimate of drug-likeness (QED) is 0.375. The van der Waals surface area contributed by atoms with Crippen molar-refractivity contribution in [1.29, 1.82) is 0 Å². The number of amides is 2. The van der Waals surface area contributed by atoms with E-state index in [9.17, 15) is 19.8 Å². The number of para-hydroxylation sites is 2. The van der Waals surface area contributed by atoms with E-state index < -0.39 is 11.8 Å². The maximum absolute atomic E-state index is 12.0. The van der Waals surface area contributed by atoms with Gasteiger partial charge in [0.15, 0.2) is 0 Å². The molecule has 2 aromatic carbocycles. The van der Waals surface area contributed by atoms with Gasteiger partial charge in [0, 0.05) is 24.0 Å². The van der Waals surface area contributed by atoms with Crippen LogP contribution in [0.3, 0.4) is 0 Å². The second-order valence-corrected chi connectivity index (χ2v) is 6.43. The zero-order chi connectivity index (χ0) is 21.9. The summed E-state index contributed by atoms with van der Waals surface area (Å²) in [5, 5.41) is 27.9. The van der Waals surface area contributed by atoms with Crippen LogP contribution >= 0.6 is 0 Å². The Kier molecular flexibility index (Phi) is 8.56. The Morgan fingerprint density at radius 3 is 1.43 bits per heavy atom. The predicted octanol–water partition coefficient (Wildman–Crippen LogP) is 3.04. The van der Waals surface area contributed by atoms with Crippen LogP contribution in [0, 0.1) is 0 Å². The first-order valence-electron chi connectivity index (χ1n) is 9.73. The van der Waals surface area contributed by atoms with Crippen molar-refractivity contribution in [2.75, 3.05) is 0 Å². The first-order valence-corrected chi connectivity index (χ1v) is 9.73. The van der Waals surface area contributed by atoms with Crippen LogP contribution in [0.1, 0.15) is 50.7 Å². The number of hydrazone groups is 2. The Hall–Kier alpha value is -3.68. The fraction of sp³-hybridized carbons (Fsp3) is 0.273. The van der Waals surface area contributed by atoms with Gasteiger partial charge in [0.2, 0.25) is 11.8 Å². The van der Waals surface area contributed by atoms with Gasteiger partial charge in [-0.25, -0.2) is 10.9 Å². The van der Waals surface area contributed by atoms with E-state index >= 15 is 0 Å². The van der Waals surface area contributed by atoms with E-state index in [1.54, 1.807) is 48.5 Å². The molecule has 158 valence electrons. The minimum absolute atomic E-state index is 0.0688. The Labute approximate surface area is 175 Å². The SMILES string of the molecule is CCC(=NNC(=O)CCC(=O)NN=C(CC)c1ccccc1O)c1ccccc1O. The molecule has 0 bridgehead atoms. The zero-order valence-electron chi connectivity index (χ0n) is 17.1. The van der Waals surface area contributed by atoms with Crippen molar-refractivity contribution < 1.29 is 19.8 Å². The highest BCUT2D eigenvalue weighted by Gasteiger charge is 2.11. The molecule has 30 heavy (non-hydrogen) atoms. The number of hydrogen-bond acceptors (Lipinski definition) is 6. The normalized spacial score (nSPS) is 11.8. The smallest absolute Gasteiger partial charge is 0.240 e. The van der Waals surface area contributed by atoms with E-state index in [0.29, 0.717) is 35.4 Å². The third kappa shape index (κ3) is 6.44. The number of phenols is 2. The Bertz CT molecular complexity index is 876. The molecule has 0 radical (unpaired) electrons. The van der Waals surface area contributed by atoms with E-state index in [4.69, 9.17) is 0 Å². The summed E-state index contributed by atoms with van der Waals surface area (Å²) in [6.07, 6.45) is 0.889. The lowest BCUT2D eigenvalue weighted by Crippen LogP contribution is -2.24. The third-order valence-corrected chi connectivity index (χ3v) is 4.31. The average Bonchev–Trinajstić information content (AvgIpc) is 2.75. The van der Waals surface area contributed by atoms with Crippen molar-refractivity contribution in [3.63, 3.8) is 0 Å². The predicted molar refractivity (Wildman–Crippen MR) is 115 cm³/mol. The van der Waals surface area contributed by atoms with E-state index in [-0.39, 0.29) is 24.3 Å². The van der Waals surface area contributed by atoms with E-state index in [1.807, 2.05) is 13.8 Å². The molecule has 4 N–H and O–H groups in total. The molecule has 0 aliphatic heterocycles. The van der Waals surface area contributed by atoms with Crippen molar-refractivity contribution in [3.05, 3.63) is 59.7 Å². The molecule has 2 aromatic rings. The molecule has 0 spiro atoms. The molecule has 0 heterocycles. The van der Waals surface area contributed by atoms with Crippen LogP contribution < -0.4 is 10.9 Å². The van der Waals surface area contributed by atoms with E-state index in [1.165, 1.54) is 0 Å². The van der Waals surface area contributed by atoms with Gasteiger partial charge in [-0.15, -0.1) is 0 Å². The Balaban J connectivity index is 1.89. The number of nitrogens with one attached hydrogen (secondary N) is 2. The van der Waals surface area contributed by atoms with E-state index in [2.05, 4.69) is 21.1 Å². The lowest BCUT2D eigenvalue weighted by molar-refractivity contribution is -0.126. The van der Waals surface area contributed by atoms with Crippen LogP contribution in [0.5, 0.6) is 11.5 Å². The molecule has 0 saturated heterocycles. The number of phenolic OH excluding ortho intramolecular Hbond substituents is 2. The highest BCUT2D eigenvalue weighted by atomic mass is 16.3. The monoisotopic (exact) mass is 410 g/mol. The van der Waals surface area contributed by atoms with E-state index in [0.717, 1.165) is 0 Å². The van der Waals surface area contributed by atoms with Crippen molar-refractivity contribution in [3.8, 4) is 11.5 Å². The number of hydrogen-bond donors (Lipinski definition) is 4. The fourth-order valence-corrected chi connectivity index (χ4v) is 2.69. The lowest BCUT2D eigenvalue weighted by atomic mass is 10.1. The molecule has 0 fully saturated rings. The highest BCUT2D eigenvalue weighted by Crippen LogP contribution is 2.18. The standard InChI is InChI=1S/C22H26N4O4/c1-3-17(15-9-5-7-11-19(15)27)23-25-21(29)13-14-22(30)26-24-18(4-2)16-10-6-8-12-20(16)28/h5-12,27-28H,3-4,13-14H2,1-2H3,(H,25,29)(H,26,30). The average molecular weight is 410 g/mol. The van der Waals surface area contributed by atoms with Gasteiger partial charge in [-0.1, -0.05) is 38.1 Å². The summed E-state index contributed by atoms with van der Waals surface area (Å²) in [5.74, 6) is -0.680. The minimum Gasteiger partial charge on any atom is -0.507 e. The maximum atomic E-state index is 12.0. The van der Waals surface area contributed by atoms with Gasteiger partial charge in [-0.2, -0.15) is 10.2 Å². The molecule has 8 heteroatoms. The van der Waals surface area contributed by atoms with Crippen molar-refractivity contribution >= 4 is 23.2 Å². The largest absolute Gasteiger partial charge is 0.507 e. The summed E-state index contributed by atoms with van der Waals surface area (Å²) in [6.45, 7) is 3.72. The number of rotatable bonds is 9. The maximum Gasteiger partial charge on any atom is 0.240 e. The van der Waals surface area contributed by atoms with Gasteiger partial charge in [0.25, 0.3) is 0 Å². The molecular weight excluding hydrogens is 384 g/mol. The lowest BCUT2D eigenvalue weighted by Gasteiger charge is -2.08. The second-order valence-electron chi connectivity index (χ2n) is 6.43. The molecular formula is C22H26N4O4. The molecule has 2 amide bonds. The number of carbonyl (C=O) groups excluding carboxylic acids is 2. The number of carbonyl (C=O) groups is 2. The number of nitrogens with zero attached hydrogens (tertiary/aromatic N) is 2. The van der Waals surface area contributed by atoms with Crippen molar-refractivity contribution in [1.82, 2.24) is 10.9 Å². The molecule has 0 atom stereocenters. The van der Waals surface area contributed by atoms with Crippen LogP contribution in [0.4, 0.5) is 0 Å². The molecule has 0 aromatic heterocycles. The minimum atomic E-state index is -0.424. The van der Waals surface area contributed by atoms with Gasteiger partial charge < -0.3 is 10.2 Å². The fourth-order valence-electron chi connectivity index (χ4n) is 2.69. The Morgan fingerprint density at radius 2 is 1.10 bits per heavy atom. The van der Waals surface area contributed by atoms with Crippen LogP contribution in [-0.2, 0) is 9.59 Å². The molecule has 0 unspecified atom stereocenters. The van der Waals surface area contributed by atoms with Crippen LogP contribution in [0.2, 0.25) is 0 Å². The molecule has 0 saturated carbocycles. The van der Waals surface area contributed by atoms with Crippen LogP contribution in [0.25, 0.3) is 0 Å². The highest BCUT2D eigenvalue weighted by molar-refractivity contribution is 6.03. The van der Waals surface area contributed by atoms with Gasteiger partial charge in [0.1, 0.15) is 11.5 Å². The summed E-state index contributed by atoms with van der Waals surface area (Å²) in [4.78, 5) is 24.0. The summed E-state index contributed by atoms with van der Waals surface area (Å²) < 4.78 is 0. The molecule has 8 nitrogen and oxygen atoms in total. The zero-order valence-corrected chi connectivity index (χ0v) is 17.1. The van der Waals surface area contributed by atoms with Gasteiger partial charge in [-0.05, 0) is 37.1 Å². The first-order chi connectivity index (χ1) is 14.5. The van der Waals surface area contributed by atoms with Gasteiger partial charge >= 0.3 is 0 Å². The summed E-state index contributed by atoms with van der Waals surface area (Å²) in [6, 6.07) is 13.5. The summed E-state index contributed by atoms with van der Waals surface area (Å²) in [5.41, 5.74) is 6.98. The molecule has 0 aliphatic rings. The van der Waals surface area contributed by atoms with Gasteiger partial charge in [-0.3, -0.25) is 9.59 Å². The number of aromatic hydroxyl groups is 2. The number of benzene rings is 2. The molecule has 2 rings (SSSR count). The van der Waals surface area contributed by atoms with Gasteiger partial charge in [0.05, 0.1) is 11.4 Å². The first kappa shape index (κ1) is 22.6. The topological polar surface area (TPSA) is 123 Å². The Morgan fingerprint density at radius 1 is 0.733 bits per heavy atom. The van der Waals surface area contributed by atoms with Crippen molar-refractivity contribution in [2.45, 2.75) is 39.5 Å². The third-order valence-electron chi connectivity index (χ3n) is 4.31. The molecule has 0 aliphatic carbocycles. The van der Waals surface area contributed by atoms with Crippen LogP contribution in [-0.4, -0.2) is 33.5 Å². The second kappa shape index (κ2) is 11.4. The van der Waals surface area contributed by atoms with Crippen molar-refractivity contribution in [2.24, 2.45) is 10.2 Å². The van der Waals surface area contributed by atoms with Crippen LogP contribution in [0.15, 0.2) is 58.7 Å². The summed E-state index contributed by atoms with van der Waals surface area (Å²) >= 11 is 0. The summed E-state index contributed by atoms with van der Waals surface area (Å²) in [7, 11) is 0.